The average molecular weight is 259 g/mol. The number of nitrogens with one attached hydrogen (secondary N) is 1. The van der Waals surface area contributed by atoms with Gasteiger partial charge < -0.3 is 5.11 Å². The van der Waals surface area contributed by atoms with Gasteiger partial charge in [0.25, 0.3) is 0 Å². The molecule has 84 valence electrons. The van der Waals surface area contributed by atoms with Gasteiger partial charge in [-0.3, -0.25) is 4.79 Å². The minimum absolute atomic E-state index is 0.111. The van der Waals surface area contributed by atoms with Gasteiger partial charge in [-0.15, -0.1) is 0 Å². The molecule has 0 radical (unpaired) electrons. The van der Waals surface area contributed by atoms with Gasteiger partial charge in [0.1, 0.15) is 0 Å². The quantitative estimate of drug-likeness (QED) is 0.812. The monoisotopic (exact) mass is 258 g/mol. The number of aromatic hydroxyl groups is 1. The molecule has 0 fully saturated rings. The minimum atomic E-state index is -0.146. The Morgan fingerprint density at radius 1 is 1.25 bits per heavy atom. The van der Waals surface area contributed by atoms with Gasteiger partial charge in [0.15, 0.2) is 5.75 Å². The molecule has 0 bridgehead atoms. The number of phenols is 1. The first-order valence-electron chi connectivity index (χ1n) is 4.61. The number of phenolic OH excluding ortho intramolecular Hbond substituents is 1. The number of rotatable bonds is 1. The summed E-state index contributed by atoms with van der Waals surface area (Å²) in [6.45, 7) is 0. The van der Waals surface area contributed by atoms with E-state index in [-0.39, 0.29) is 21.7 Å². The van der Waals surface area contributed by atoms with Crippen molar-refractivity contribution in [1.82, 2.24) is 5.43 Å². The zero-order chi connectivity index (χ0) is 11.7. The lowest BCUT2D eigenvalue weighted by molar-refractivity contribution is -0.121. The van der Waals surface area contributed by atoms with Crippen molar-refractivity contribution in [2.45, 2.75) is 12.8 Å². The highest BCUT2D eigenvalue weighted by molar-refractivity contribution is 6.37. The van der Waals surface area contributed by atoms with Crippen molar-refractivity contribution in [2.75, 3.05) is 0 Å². The van der Waals surface area contributed by atoms with E-state index in [2.05, 4.69) is 10.5 Å². The van der Waals surface area contributed by atoms with Crippen molar-refractivity contribution in [2.24, 2.45) is 5.10 Å². The zero-order valence-corrected chi connectivity index (χ0v) is 9.64. The number of hydrogen-bond acceptors (Lipinski definition) is 3. The van der Waals surface area contributed by atoms with Gasteiger partial charge >= 0.3 is 0 Å². The smallest absolute Gasteiger partial charge is 0.240 e. The van der Waals surface area contributed by atoms with Gasteiger partial charge in [0.2, 0.25) is 5.91 Å². The molecule has 0 aliphatic carbocycles. The molecule has 0 saturated carbocycles. The average Bonchev–Trinajstić information content (AvgIpc) is 2.26. The Hall–Kier alpha value is -1.26. The Labute approximate surface area is 102 Å². The Morgan fingerprint density at radius 2 is 1.88 bits per heavy atom. The number of hydrogen-bond donors (Lipinski definition) is 2. The molecule has 1 aromatic carbocycles. The normalized spacial score (nSPS) is 15.6. The van der Waals surface area contributed by atoms with E-state index < -0.39 is 0 Å². The standard InChI is InChI=1S/C10H8Cl2N2O2/c11-6-3-5(4-7(12)10(6)16)8-1-2-9(15)14-13-8/h3-4,16H,1-2H2,(H,14,15). The van der Waals surface area contributed by atoms with Crippen LogP contribution in [-0.2, 0) is 4.79 Å². The van der Waals surface area contributed by atoms with Gasteiger partial charge in [-0.25, -0.2) is 5.43 Å². The molecule has 0 spiro atoms. The predicted octanol–water partition coefficient (Wildman–Crippen LogP) is 2.31. The third-order valence-corrected chi connectivity index (χ3v) is 2.83. The van der Waals surface area contributed by atoms with Gasteiger partial charge in [-0.05, 0) is 12.1 Å². The lowest BCUT2D eigenvalue weighted by Crippen LogP contribution is -2.25. The highest BCUT2D eigenvalue weighted by atomic mass is 35.5. The Balaban J connectivity index is 2.38. The molecule has 0 unspecified atom stereocenters. The molecule has 1 aliphatic rings. The van der Waals surface area contributed by atoms with Crippen molar-refractivity contribution in [3.63, 3.8) is 0 Å². The van der Waals surface area contributed by atoms with E-state index in [0.29, 0.717) is 24.1 Å². The van der Waals surface area contributed by atoms with E-state index in [1.54, 1.807) is 12.1 Å². The van der Waals surface area contributed by atoms with Crippen LogP contribution in [0, 0.1) is 0 Å². The molecule has 1 aliphatic heterocycles. The summed E-state index contributed by atoms with van der Waals surface area (Å²) in [7, 11) is 0. The van der Waals surface area contributed by atoms with Crippen molar-refractivity contribution in [3.05, 3.63) is 27.7 Å². The van der Waals surface area contributed by atoms with E-state index in [1.807, 2.05) is 0 Å². The summed E-state index contributed by atoms with van der Waals surface area (Å²) in [5.74, 6) is -0.257. The summed E-state index contributed by atoms with van der Waals surface area (Å²) in [5, 5.41) is 13.6. The fourth-order valence-electron chi connectivity index (χ4n) is 1.41. The van der Waals surface area contributed by atoms with Gasteiger partial charge in [-0.1, -0.05) is 23.2 Å². The molecule has 1 aromatic rings. The molecule has 0 aromatic heterocycles. The summed E-state index contributed by atoms with van der Waals surface area (Å²) >= 11 is 11.6. The summed E-state index contributed by atoms with van der Waals surface area (Å²) in [6, 6.07) is 3.14. The first kappa shape index (κ1) is 11.2. The third kappa shape index (κ3) is 2.13. The Morgan fingerprint density at radius 3 is 2.38 bits per heavy atom. The van der Waals surface area contributed by atoms with Crippen LogP contribution in [0.5, 0.6) is 5.75 Å². The van der Waals surface area contributed by atoms with E-state index in [1.165, 1.54) is 0 Å². The fraction of sp³-hybridized carbons (Fsp3) is 0.200. The molecule has 2 rings (SSSR count). The van der Waals surface area contributed by atoms with Crippen LogP contribution in [0.1, 0.15) is 18.4 Å². The van der Waals surface area contributed by atoms with Gasteiger partial charge in [0, 0.05) is 18.4 Å². The number of carbonyl (C=O) groups excluding carboxylic acids is 1. The van der Waals surface area contributed by atoms with Gasteiger partial charge in [0.05, 0.1) is 15.8 Å². The number of carbonyl (C=O) groups is 1. The summed E-state index contributed by atoms with van der Waals surface area (Å²) in [4.78, 5) is 10.9. The van der Waals surface area contributed by atoms with E-state index >= 15 is 0 Å². The van der Waals surface area contributed by atoms with E-state index in [9.17, 15) is 9.90 Å². The summed E-state index contributed by atoms with van der Waals surface area (Å²) < 4.78 is 0. The lowest BCUT2D eigenvalue weighted by atomic mass is 10.0. The highest BCUT2D eigenvalue weighted by Gasteiger charge is 2.15. The molecule has 1 amide bonds. The third-order valence-electron chi connectivity index (χ3n) is 2.25. The zero-order valence-electron chi connectivity index (χ0n) is 8.13. The first-order chi connectivity index (χ1) is 7.58. The maximum Gasteiger partial charge on any atom is 0.240 e. The van der Waals surface area contributed by atoms with Crippen LogP contribution in [0.3, 0.4) is 0 Å². The number of halogens is 2. The van der Waals surface area contributed by atoms with E-state index in [4.69, 9.17) is 23.2 Å². The van der Waals surface area contributed by atoms with Crippen LogP contribution in [0.4, 0.5) is 0 Å². The van der Waals surface area contributed by atoms with Crippen LogP contribution in [0.25, 0.3) is 0 Å². The highest BCUT2D eigenvalue weighted by Crippen LogP contribution is 2.33. The van der Waals surface area contributed by atoms with Gasteiger partial charge in [-0.2, -0.15) is 5.10 Å². The maximum absolute atomic E-state index is 10.9. The van der Waals surface area contributed by atoms with Crippen LogP contribution in [0.2, 0.25) is 10.0 Å². The van der Waals surface area contributed by atoms with Crippen LogP contribution in [-0.4, -0.2) is 16.7 Å². The maximum atomic E-state index is 10.9. The number of amides is 1. The Kier molecular flexibility index (Phi) is 3.03. The molecule has 1 heterocycles. The molecular weight excluding hydrogens is 251 g/mol. The second kappa shape index (κ2) is 4.31. The SMILES string of the molecule is O=C1CCC(c2cc(Cl)c(O)c(Cl)c2)=NN1. The Bertz CT molecular complexity index is 463. The van der Waals surface area contributed by atoms with Crippen molar-refractivity contribution in [3.8, 4) is 5.75 Å². The number of nitrogens with zero attached hydrogens (tertiary/aromatic N) is 1. The second-order valence-corrected chi connectivity index (χ2v) is 4.20. The topological polar surface area (TPSA) is 61.7 Å². The van der Waals surface area contributed by atoms with Crippen molar-refractivity contribution in [1.29, 1.82) is 0 Å². The van der Waals surface area contributed by atoms with Crippen LogP contribution < -0.4 is 5.43 Å². The molecule has 0 saturated heterocycles. The second-order valence-electron chi connectivity index (χ2n) is 3.38. The van der Waals surface area contributed by atoms with E-state index in [0.717, 1.165) is 0 Å². The lowest BCUT2D eigenvalue weighted by Gasteiger charge is -2.13. The summed E-state index contributed by atoms with van der Waals surface area (Å²) in [5.41, 5.74) is 3.78. The number of benzene rings is 1. The molecule has 0 atom stereocenters. The summed E-state index contributed by atoms with van der Waals surface area (Å²) in [6.07, 6.45) is 0.915. The molecule has 6 heteroatoms. The van der Waals surface area contributed by atoms with Crippen molar-refractivity contribution < 1.29 is 9.90 Å². The fourth-order valence-corrected chi connectivity index (χ4v) is 1.90. The molecule has 2 N–H and O–H groups in total. The molecule has 16 heavy (non-hydrogen) atoms. The predicted molar refractivity (Wildman–Crippen MR) is 62.0 cm³/mol. The largest absolute Gasteiger partial charge is 0.505 e. The molecular formula is C10H8Cl2N2O2. The minimum Gasteiger partial charge on any atom is -0.505 e. The van der Waals surface area contributed by atoms with Crippen LogP contribution >= 0.6 is 23.2 Å². The van der Waals surface area contributed by atoms with Crippen LogP contribution in [0.15, 0.2) is 17.2 Å². The first-order valence-corrected chi connectivity index (χ1v) is 5.37. The van der Waals surface area contributed by atoms with Crippen molar-refractivity contribution >= 4 is 34.8 Å². The number of hydrazone groups is 1. The molecule has 4 nitrogen and oxygen atoms in total.